The fourth-order valence-electron chi connectivity index (χ4n) is 0.710. The highest BCUT2D eigenvalue weighted by molar-refractivity contribution is 7.86. The number of primary amides is 1. The molecule has 0 aliphatic rings. The Morgan fingerprint density at radius 2 is 1.79 bits per heavy atom. The summed E-state index contributed by atoms with van der Waals surface area (Å²) in [5.74, 6) is -0.481. The molecule has 0 rings (SSSR count). The van der Waals surface area contributed by atoms with E-state index < -0.39 is 21.3 Å². The minimum absolute atomic E-state index is 0.481. The maximum absolute atomic E-state index is 10.3. The summed E-state index contributed by atoms with van der Waals surface area (Å²) in [7, 11) is -3.77. The second kappa shape index (κ2) is 7.52. The maximum Gasteiger partial charge on any atom is 0.267 e. The van der Waals surface area contributed by atoms with Crippen molar-refractivity contribution >= 4 is 16.0 Å². The summed E-state index contributed by atoms with van der Waals surface area (Å²) < 4.78 is 29.1. The van der Waals surface area contributed by atoms with Crippen molar-refractivity contribution in [2.75, 3.05) is 0 Å². The topological polar surface area (TPSA) is 97.5 Å². The van der Waals surface area contributed by atoms with Gasteiger partial charge >= 0.3 is 0 Å². The van der Waals surface area contributed by atoms with E-state index >= 15 is 0 Å². The molecule has 0 radical (unpaired) electrons. The molecule has 0 saturated carbocycles. The van der Waals surface area contributed by atoms with Crippen LogP contribution < -0.4 is 5.73 Å². The zero-order valence-electron chi connectivity index (χ0n) is 8.43. The first-order valence-electron chi connectivity index (χ1n) is 4.17. The lowest BCUT2D eigenvalue weighted by Crippen LogP contribution is -2.17. The van der Waals surface area contributed by atoms with Gasteiger partial charge in [0.1, 0.15) is 0 Å². The summed E-state index contributed by atoms with van der Waals surface area (Å²) in [6, 6.07) is 0. The molecular weight excluding hydrogens is 206 g/mol. The van der Waals surface area contributed by atoms with Crippen LogP contribution in [0.2, 0.25) is 0 Å². The van der Waals surface area contributed by atoms with Crippen LogP contribution in [0.3, 0.4) is 0 Å². The summed E-state index contributed by atoms with van der Waals surface area (Å²) in [6.45, 7) is 6.56. The highest BCUT2D eigenvalue weighted by Gasteiger charge is 2.17. The molecule has 0 unspecified atom stereocenters. The van der Waals surface area contributed by atoms with Crippen molar-refractivity contribution < 1.29 is 17.8 Å². The van der Waals surface area contributed by atoms with Crippen LogP contribution in [0.15, 0.2) is 12.7 Å². The molecule has 0 bridgehead atoms. The van der Waals surface area contributed by atoms with E-state index in [2.05, 4.69) is 12.3 Å². The molecule has 0 fully saturated rings. The summed E-state index contributed by atoms with van der Waals surface area (Å²) in [5, 5.41) is -0.572. The number of carbonyl (C=O) groups is 1. The van der Waals surface area contributed by atoms with Gasteiger partial charge in [0.05, 0.1) is 5.25 Å². The third-order valence-corrected chi connectivity index (χ3v) is 3.04. The Morgan fingerprint density at radius 1 is 1.50 bits per heavy atom. The van der Waals surface area contributed by atoms with Crippen LogP contribution in [0.4, 0.5) is 0 Å². The van der Waals surface area contributed by atoms with Crippen molar-refractivity contribution in [3.63, 3.8) is 0 Å². The molecular formula is C8H17NO4S. The fourth-order valence-corrected chi connectivity index (χ4v) is 1.55. The first kappa shape index (κ1) is 15.6. The van der Waals surface area contributed by atoms with Crippen LogP contribution in [-0.4, -0.2) is 24.1 Å². The summed E-state index contributed by atoms with van der Waals surface area (Å²) in [4.78, 5) is 9.47. The predicted molar refractivity (Wildman–Crippen MR) is 55.3 cm³/mol. The van der Waals surface area contributed by atoms with E-state index in [1.807, 2.05) is 0 Å². The van der Waals surface area contributed by atoms with Gasteiger partial charge in [-0.3, -0.25) is 9.35 Å². The molecule has 3 N–H and O–H groups in total. The number of hydrogen-bond donors (Lipinski definition) is 2. The van der Waals surface area contributed by atoms with Gasteiger partial charge < -0.3 is 5.73 Å². The lowest BCUT2D eigenvalue weighted by molar-refractivity contribution is -0.113. The summed E-state index contributed by atoms with van der Waals surface area (Å²) in [5.41, 5.74) is 4.53. The molecule has 6 heteroatoms. The molecule has 0 aromatic carbocycles. The monoisotopic (exact) mass is 223 g/mol. The molecule has 0 aromatic heterocycles. The third kappa shape index (κ3) is 9.21. The highest BCUT2D eigenvalue weighted by atomic mass is 32.2. The minimum Gasteiger partial charge on any atom is -0.366 e. The Morgan fingerprint density at radius 3 is 1.79 bits per heavy atom. The maximum atomic E-state index is 10.3. The summed E-state index contributed by atoms with van der Waals surface area (Å²) >= 11 is 0. The number of rotatable bonds is 4. The molecule has 0 saturated heterocycles. The van der Waals surface area contributed by atoms with Crippen LogP contribution in [0.5, 0.6) is 0 Å². The Bertz CT molecular complexity index is 267. The van der Waals surface area contributed by atoms with Crippen molar-refractivity contribution in [1.29, 1.82) is 0 Å². The van der Waals surface area contributed by atoms with E-state index in [4.69, 9.17) is 4.55 Å². The smallest absolute Gasteiger partial charge is 0.267 e. The van der Waals surface area contributed by atoms with E-state index in [0.29, 0.717) is 12.8 Å². The average Bonchev–Trinajstić information content (AvgIpc) is 2.05. The van der Waals surface area contributed by atoms with E-state index in [9.17, 15) is 13.2 Å². The van der Waals surface area contributed by atoms with Gasteiger partial charge in [0, 0.05) is 0 Å². The van der Waals surface area contributed by atoms with Gasteiger partial charge in [0.2, 0.25) is 5.91 Å². The van der Waals surface area contributed by atoms with Crippen LogP contribution in [-0.2, 0) is 14.9 Å². The van der Waals surface area contributed by atoms with E-state index in [1.165, 1.54) is 0 Å². The molecule has 0 spiro atoms. The second-order valence-corrected chi connectivity index (χ2v) is 4.26. The Kier molecular flexibility index (Phi) is 8.37. The molecule has 0 atom stereocenters. The number of nitrogens with two attached hydrogens (primary N) is 1. The van der Waals surface area contributed by atoms with E-state index in [-0.39, 0.29) is 0 Å². The molecule has 0 aliphatic carbocycles. The molecule has 0 aromatic rings. The van der Waals surface area contributed by atoms with Gasteiger partial charge in [-0.25, -0.2) is 0 Å². The quantitative estimate of drug-likeness (QED) is 0.542. The average molecular weight is 223 g/mol. The third-order valence-electron chi connectivity index (χ3n) is 1.53. The first-order chi connectivity index (χ1) is 6.29. The molecule has 84 valence electrons. The highest BCUT2D eigenvalue weighted by Crippen LogP contribution is 2.06. The van der Waals surface area contributed by atoms with E-state index in [0.717, 1.165) is 6.08 Å². The standard InChI is InChI=1S/C5H12O3S.C3H5NO/c1-3-5(4-2)9(6,7)8;1-2-3(4)5/h5H,3-4H2,1-2H3,(H,6,7,8);2H,1H2,(H2,4,5). The fraction of sp³-hybridized carbons (Fsp3) is 0.625. The van der Waals surface area contributed by atoms with Crippen molar-refractivity contribution in [3.05, 3.63) is 12.7 Å². The minimum atomic E-state index is -3.77. The van der Waals surface area contributed by atoms with Gasteiger partial charge in [-0.1, -0.05) is 20.4 Å². The molecule has 5 nitrogen and oxygen atoms in total. The van der Waals surface area contributed by atoms with Gasteiger partial charge in [-0.2, -0.15) is 8.42 Å². The number of amides is 1. The zero-order valence-corrected chi connectivity index (χ0v) is 9.25. The van der Waals surface area contributed by atoms with Gasteiger partial charge in [-0.05, 0) is 18.9 Å². The van der Waals surface area contributed by atoms with Crippen LogP contribution in [0.1, 0.15) is 26.7 Å². The van der Waals surface area contributed by atoms with Crippen LogP contribution in [0.25, 0.3) is 0 Å². The van der Waals surface area contributed by atoms with Crippen molar-refractivity contribution in [3.8, 4) is 0 Å². The Balaban J connectivity index is 0. The lowest BCUT2D eigenvalue weighted by atomic mass is 10.3. The predicted octanol–water partition coefficient (Wildman–Crippen LogP) is 0.721. The normalized spacial score (nSPS) is 10.3. The lowest BCUT2D eigenvalue weighted by Gasteiger charge is -2.05. The Labute approximate surface area is 84.7 Å². The largest absolute Gasteiger partial charge is 0.366 e. The first-order valence-corrected chi connectivity index (χ1v) is 5.68. The number of carbonyl (C=O) groups excluding carboxylic acids is 1. The van der Waals surface area contributed by atoms with Gasteiger partial charge in [0.25, 0.3) is 10.1 Å². The molecule has 14 heavy (non-hydrogen) atoms. The Hall–Kier alpha value is -0.880. The summed E-state index contributed by atoms with van der Waals surface area (Å²) in [6.07, 6.45) is 2.02. The molecule has 0 heterocycles. The van der Waals surface area contributed by atoms with Crippen LogP contribution in [0, 0.1) is 0 Å². The van der Waals surface area contributed by atoms with Crippen LogP contribution >= 0.6 is 0 Å². The van der Waals surface area contributed by atoms with Crippen molar-refractivity contribution in [2.24, 2.45) is 5.73 Å². The SMILES string of the molecule is C=CC(N)=O.CCC(CC)S(=O)(=O)O. The van der Waals surface area contributed by atoms with Crippen molar-refractivity contribution in [2.45, 2.75) is 31.9 Å². The molecule has 0 aliphatic heterocycles. The van der Waals surface area contributed by atoms with Gasteiger partial charge in [-0.15, -0.1) is 0 Å². The molecule has 1 amide bonds. The van der Waals surface area contributed by atoms with Gasteiger partial charge in [0.15, 0.2) is 0 Å². The van der Waals surface area contributed by atoms with E-state index in [1.54, 1.807) is 13.8 Å². The second-order valence-electron chi connectivity index (χ2n) is 2.56. The number of hydrogen-bond acceptors (Lipinski definition) is 3. The zero-order chi connectivity index (χ0) is 11.8. The van der Waals surface area contributed by atoms with Crippen molar-refractivity contribution in [1.82, 2.24) is 0 Å².